The van der Waals surface area contributed by atoms with Crippen molar-refractivity contribution in [2.24, 2.45) is 5.73 Å². The van der Waals surface area contributed by atoms with Crippen LogP contribution in [-0.4, -0.2) is 10.8 Å². The van der Waals surface area contributed by atoms with Crippen LogP contribution < -0.4 is 10.5 Å². The number of nitrogens with zero attached hydrogens (tertiary/aromatic N) is 1. The van der Waals surface area contributed by atoms with Gasteiger partial charge in [0.15, 0.2) is 0 Å². The van der Waals surface area contributed by atoms with Gasteiger partial charge >= 0.3 is 5.69 Å². The Bertz CT molecular complexity index is 671. The zero-order valence-electron chi connectivity index (χ0n) is 10.2. The minimum atomic E-state index is -0.720. The van der Waals surface area contributed by atoms with Crippen LogP contribution in [0.4, 0.5) is 10.1 Å². The van der Waals surface area contributed by atoms with Gasteiger partial charge in [-0.25, -0.2) is 4.39 Å². The molecule has 0 aliphatic rings. The van der Waals surface area contributed by atoms with E-state index in [0.717, 1.165) is 12.1 Å². The number of rotatable bonds is 4. The summed E-state index contributed by atoms with van der Waals surface area (Å²) < 4.78 is 18.3. The molecule has 0 fully saturated rings. The summed E-state index contributed by atoms with van der Waals surface area (Å²) in [5, 5.41) is 18.1. The highest BCUT2D eigenvalue weighted by Crippen LogP contribution is 2.31. The highest BCUT2D eigenvalue weighted by atomic mass is 19.1. The number of nitrogen functional groups attached to an aromatic ring is 1. The van der Waals surface area contributed by atoms with E-state index in [1.165, 1.54) is 18.2 Å². The molecule has 0 aromatic heterocycles. The molecule has 0 aliphatic heterocycles. The summed E-state index contributed by atoms with van der Waals surface area (Å²) in [5.74, 6) is -0.544. The Balaban J connectivity index is 2.30. The number of nitro groups is 1. The Hall–Kier alpha value is -2.96. The molecule has 0 saturated carbocycles. The molecule has 0 spiro atoms. The van der Waals surface area contributed by atoms with Gasteiger partial charge in [0.2, 0.25) is 5.75 Å². The monoisotopic (exact) mass is 275 g/mol. The van der Waals surface area contributed by atoms with Crippen LogP contribution in [0.15, 0.2) is 42.5 Å². The second-order valence-corrected chi connectivity index (χ2v) is 3.91. The summed E-state index contributed by atoms with van der Waals surface area (Å²) in [7, 11) is 0. The molecule has 102 valence electrons. The largest absolute Gasteiger partial charge is 0.450 e. The molecule has 0 aliphatic carbocycles. The van der Waals surface area contributed by atoms with Gasteiger partial charge in [0.1, 0.15) is 17.4 Å². The third-order valence-corrected chi connectivity index (χ3v) is 2.51. The van der Waals surface area contributed by atoms with Gasteiger partial charge in [-0.1, -0.05) is 0 Å². The molecule has 0 heterocycles. The van der Waals surface area contributed by atoms with E-state index in [1.807, 2.05) is 0 Å². The van der Waals surface area contributed by atoms with Crippen LogP contribution in [0.25, 0.3) is 0 Å². The van der Waals surface area contributed by atoms with Crippen molar-refractivity contribution in [3.05, 3.63) is 64.0 Å². The average molecular weight is 275 g/mol. The van der Waals surface area contributed by atoms with Gasteiger partial charge in [0.05, 0.1) is 11.0 Å². The lowest BCUT2D eigenvalue weighted by Crippen LogP contribution is -2.10. The van der Waals surface area contributed by atoms with Crippen LogP contribution in [0.2, 0.25) is 0 Å². The maximum atomic E-state index is 13.0. The molecule has 2 aromatic rings. The Morgan fingerprint density at radius 1 is 1.25 bits per heavy atom. The summed E-state index contributed by atoms with van der Waals surface area (Å²) >= 11 is 0. The van der Waals surface area contributed by atoms with Gasteiger partial charge in [-0.2, -0.15) is 0 Å². The molecule has 2 aromatic carbocycles. The van der Waals surface area contributed by atoms with Crippen LogP contribution in [0.3, 0.4) is 0 Å². The topological polar surface area (TPSA) is 102 Å². The van der Waals surface area contributed by atoms with Gasteiger partial charge < -0.3 is 10.5 Å². The first-order chi connectivity index (χ1) is 9.47. The SMILES string of the molecule is N=C(N)c1ccc(Oc2ccc(F)cc2[N+](=O)[O-])cc1. The second-order valence-electron chi connectivity index (χ2n) is 3.91. The van der Waals surface area contributed by atoms with Crippen molar-refractivity contribution < 1.29 is 14.1 Å². The second kappa shape index (κ2) is 5.35. The first-order valence-electron chi connectivity index (χ1n) is 5.53. The van der Waals surface area contributed by atoms with Gasteiger partial charge in [0, 0.05) is 5.56 Å². The predicted molar refractivity (Wildman–Crippen MR) is 70.6 cm³/mol. The van der Waals surface area contributed by atoms with E-state index in [-0.39, 0.29) is 11.6 Å². The Morgan fingerprint density at radius 2 is 1.90 bits per heavy atom. The maximum absolute atomic E-state index is 13.0. The third-order valence-electron chi connectivity index (χ3n) is 2.51. The van der Waals surface area contributed by atoms with Crippen LogP contribution >= 0.6 is 0 Å². The standard InChI is InChI=1S/C13H10FN3O3/c14-9-3-6-12(11(7-9)17(18)19)20-10-4-1-8(2-5-10)13(15)16/h1-7H,(H3,15,16). The smallest absolute Gasteiger partial charge is 0.314 e. The zero-order valence-corrected chi connectivity index (χ0v) is 10.2. The number of nitrogens with one attached hydrogen (secondary N) is 1. The normalized spacial score (nSPS) is 10.1. The molecule has 0 bridgehead atoms. The fourth-order valence-electron chi connectivity index (χ4n) is 1.55. The fourth-order valence-corrected chi connectivity index (χ4v) is 1.55. The van der Waals surface area contributed by atoms with E-state index in [1.54, 1.807) is 12.1 Å². The first kappa shape index (κ1) is 13.5. The number of nitro benzene ring substituents is 1. The number of hydrogen-bond acceptors (Lipinski definition) is 4. The minimum absolute atomic E-state index is 0.0630. The van der Waals surface area contributed by atoms with E-state index in [0.29, 0.717) is 11.3 Å². The molecule has 0 saturated heterocycles. The van der Waals surface area contributed by atoms with Crippen LogP contribution in [0.5, 0.6) is 11.5 Å². The molecule has 2 rings (SSSR count). The summed E-state index contributed by atoms with van der Waals surface area (Å²) in [5.41, 5.74) is 5.36. The number of hydrogen-bond donors (Lipinski definition) is 2. The molecule has 0 radical (unpaired) electrons. The number of amidine groups is 1. The van der Waals surface area contributed by atoms with E-state index in [4.69, 9.17) is 15.9 Å². The van der Waals surface area contributed by atoms with Gasteiger partial charge in [-0.15, -0.1) is 0 Å². The number of nitrogens with two attached hydrogens (primary N) is 1. The van der Waals surface area contributed by atoms with Crippen LogP contribution in [0, 0.1) is 21.3 Å². The highest BCUT2D eigenvalue weighted by molar-refractivity contribution is 5.94. The molecule has 0 unspecified atom stereocenters. The number of ether oxygens (including phenoxy) is 1. The predicted octanol–water partition coefficient (Wildman–Crippen LogP) is 2.81. The maximum Gasteiger partial charge on any atom is 0.314 e. The van der Waals surface area contributed by atoms with Gasteiger partial charge in [0.25, 0.3) is 0 Å². The molecule has 3 N–H and O–H groups in total. The van der Waals surface area contributed by atoms with Gasteiger partial charge in [-0.3, -0.25) is 15.5 Å². The molecular formula is C13H10FN3O3. The molecule has 7 heteroatoms. The average Bonchev–Trinajstić information content (AvgIpc) is 2.41. The Morgan fingerprint density at radius 3 is 2.45 bits per heavy atom. The molecule has 0 amide bonds. The zero-order chi connectivity index (χ0) is 14.7. The van der Waals surface area contributed by atoms with E-state index >= 15 is 0 Å². The quantitative estimate of drug-likeness (QED) is 0.387. The van der Waals surface area contributed by atoms with Crippen molar-refractivity contribution in [2.75, 3.05) is 0 Å². The lowest BCUT2D eigenvalue weighted by molar-refractivity contribution is -0.385. The van der Waals surface area contributed by atoms with E-state index in [2.05, 4.69) is 0 Å². The number of benzene rings is 2. The van der Waals surface area contributed by atoms with E-state index < -0.39 is 16.4 Å². The van der Waals surface area contributed by atoms with Crippen molar-refractivity contribution in [3.8, 4) is 11.5 Å². The molecular weight excluding hydrogens is 265 g/mol. The fraction of sp³-hybridized carbons (Fsp3) is 0. The summed E-state index contributed by atoms with van der Waals surface area (Å²) in [6, 6.07) is 9.19. The van der Waals surface area contributed by atoms with Crippen molar-refractivity contribution >= 4 is 11.5 Å². The molecule has 0 atom stereocenters. The van der Waals surface area contributed by atoms with Crippen molar-refractivity contribution in [1.29, 1.82) is 5.41 Å². The lowest BCUT2D eigenvalue weighted by atomic mass is 10.2. The summed E-state index contributed by atoms with van der Waals surface area (Å²) in [6.07, 6.45) is 0. The first-order valence-corrected chi connectivity index (χ1v) is 5.53. The summed E-state index contributed by atoms with van der Waals surface area (Å²) in [4.78, 5) is 10.1. The minimum Gasteiger partial charge on any atom is -0.450 e. The van der Waals surface area contributed by atoms with E-state index in [9.17, 15) is 14.5 Å². The number of halogens is 1. The van der Waals surface area contributed by atoms with Crippen molar-refractivity contribution in [2.45, 2.75) is 0 Å². The highest BCUT2D eigenvalue weighted by Gasteiger charge is 2.17. The van der Waals surface area contributed by atoms with Crippen molar-refractivity contribution in [3.63, 3.8) is 0 Å². The Labute approximate surface area is 113 Å². The molecule has 6 nitrogen and oxygen atoms in total. The Kier molecular flexibility index (Phi) is 3.60. The van der Waals surface area contributed by atoms with Crippen molar-refractivity contribution in [1.82, 2.24) is 0 Å². The summed E-state index contributed by atoms with van der Waals surface area (Å²) in [6.45, 7) is 0. The molecule has 20 heavy (non-hydrogen) atoms. The third kappa shape index (κ3) is 2.89. The van der Waals surface area contributed by atoms with Crippen LogP contribution in [0.1, 0.15) is 5.56 Å². The lowest BCUT2D eigenvalue weighted by Gasteiger charge is -2.07. The van der Waals surface area contributed by atoms with Crippen LogP contribution in [-0.2, 0) is 0 Å². The van der Waals surface area contributed by atoms with Gasteiger partial charge in [-0.05, 0) is 36.4 Å².